The van der Waals surface area contributed by atoms with Crippen molar-refractivity contribution in [2.75, 3.05) is 0 Å². The maximum Gasteiger partial charge on any atom is 0.415 e. The molecule has 5 nitrogen and oxygen atoms in total. The molecule has 1 fully saturated rings. The minimum absolute atomic E-state index is 0.186. The van der Waals surface area contributed by atoms with Crippen LogP contribution >= 0.6 is 0 Å². The van der Waals surface area contributed by atoms with Crippen molar-refractivity contribution >= 4 is 18.3 Å². The van der Waals surface area contributed by atoms with Gasteiger partial charge in [0.25, 0.3) is 0 Å². The number of ether oxygens (including phenoxy) is 1. The van der Waals surface area contributed by atoms with Crippen molar-refractivity contribution in [1.82, 2.24) is 4.90 Å². The van der Waals surface area contributed by atoms with Crippen molar-refractivity contribution in [2.24, 2.45) is 0 Å². The molecule has 1 rings (SSSR count). The van der Waals surface area contributed by atoms with Gasteiger partial charge in [-0.25, -0.2) is 9.59 Å². The molecule has 1 heterocycles. The van der Waals surface area contributed by atoms with E-state index in [4.69, 9.17) is 4.74 Å². The summed E-state index contributed by atoms with van der Waals surface area (Å²) >= 11 is 0. The van der Waals surface area contributed by atoms with E-state index in [0.717, 1.165) is 4.90 Å². The van der Waals surface area contributed by atoms with Crippen LogP contribution < -0.4 is 0 Å². The van der Waals surface area contributed by atoms with Crippen LogP contribution in [0.1, 0.15) is 33.6 Å². The Balaban J connectivity index is 2.87. The monoisotopic (exact) mass is 225 g/mol. The van der Waals surface area contributed by atoms with Gasteiger partial charge in [0, 0.05) is 6.42 Å². The van der Waals surface area contributed by atoms with Gasteiger partial charge in [0.1, 0.15) is 23.5 Å². The van der Waals surface area contributed by atoms with E-state index in [0.29, 0.717) is 19.1 Å². The van der Waals surface area contributed by atoms with Crippen molar-refractivity contribution in [3.8, 4) is 0 Å². The maximum atomic E-state index is 11.7. The van der Waals surface area contributed by atoms with Crippen LogP contribution in [0.25, 0.3) is 0 Å². The topological polar surface area (TPSA) is 63.7 Å². The number of hydrogen-bond donors (Lipinski definition) is 0. The Bertz CT molecular complexity index is 349. The predicted octanol–water partition coefficient (Wildman–Crippen LogP) is 1.30. The van der Waals surface area contributed by atoms with Crippen molar-refractivity contribution in [2.45, 2.75) is 45.3 Å². The number of allylic oxidation sites excluding steroid dienone is 1. The third-order valence-electron chi connectivity index (χ3n) is 2.16. The third-order valence-corrected chi connectivity index (χ3v) is 2.16. The van der Waals surface area contributed by atoms with Gasteiger partial charge in [-0.3, -0.25) is 4.90 Å². The maximum absolute atomic E-state index is 11.7. The van der Waals surface area contributed by atoms with Crippen LogP contribution in [-0.2, 0) is 14.3 Å². The number of carbonyl (C=O) groups is 2. The Kier molecular flexibility index (Phi) is 3.50. The summed E-state index contributed by atoms with van der Waals surface area (Å²) in [7, 11) is 0. The first-order valence-electron chi connectivity index (χ1n) is 5.10. The molecule has 1 saturated heterocycles. The van der Waals surface area contributed by atoms with Crippen molar-refractivity contribution in [3.63, 3.8) is 0 Å². The summed E-state index contributed by atoms with van der Waals surface area (Å²) in [6, 6.07) is -0.605. The highest BCUT2D eigenvalue weighted by molar-refractivity contribution is 5.80. The molecule has 0 bridgehead atoms. The second-order valence-electron chi connectivity index (χ2n) is 4.64. The molecule has 0 N–H and O–H groups in total. The number of hydrogen-bond acceptors (Lipinski definition) is 4. The number of carbonyl (C=O) groups excluding carboxylic acids is 3. The van der Waals surface area contributed by atoms with E-state index >= 15 is 0 Å². The molecule has 0 aromatic carbocycles. The summed E-state index contributed by atoms with van der Waals surface area (Å²) in [5, 5.41) is 0. The summed E-state index contributed by atoms with van der Waals surface area (Å²) in [6.45, 7) is 5.17. The zero-order valence-electron chi connectivity index (χ0n) is 9.65. The van der Waals surface area contributed by atoms with Gasteiger partial charge in [-0.05, 0) is 27.2 Å². The average molecular weight is 225 g/mol. The van der Waals surface area contributed by atoms with Gasteiger partial charge in [-0.2, -0.15) is 0 Å². The van der Waals surface area contributed by atoms with Crippen LogP contribution in [0, 0.1) is 0 Å². The van der Waals surface area contributed by atoms with E-state index in [9.17, 15) is 14.4 Å². The Morgan fingerprint density at radius 1 is 1.56 bits per heavy atom. The lowest BCUT2D eigenvalue weighted by atomic mass is 10.2. The zero-order chi connectivity index (χ0) is 12.3. The molecular weight excluding hydrogens is 210 g/mol. The third kappa shape index (κ3) is 2.70. The number of amides is 1. The molecule has 0 radical (unpaired) electrons. The standard InChI is InChI=1S/C11H15NO4/c1-11(2,3)16-10(15)12-8(6-13)4-5-9(12)7-14/h6,8H,4-5H2,1-3H3/t8-/m0/s1. The molecule has 0 unspecified atom stereocenters. The fraction of sp³-hybridized carbons (Fsp3) is 0.636. The Morgan fingerprint density at radius 3 is 2.62 bits per heavy atom. The highest BCUT2D eigenvalue weighted by Gasteiger charge is 2.36. The highest BCUT2D eigenvalue weighted by atomic mass is 16.6. The second-order valence-corrected chi connectivity index (χ2v) is 4.64. The lowest BCUT2D eigenvalue weighted by Gasteiger charge is -2.26. The predicted molar refractivity (Wildman–Crippen MR) is 56.4 cm³/mol. The van der Waals surface area contributed by atoms with Gasteiger partial charge in [0.15, 0.2) is 0 Å². The fourth-order valence-electron chi connectivity index (χ4n) is 1.52. The van der Waals surface area contributed by atoms with Gasteiger partial charge >= 0.3 is 6.09 Å². The largest absolute Gasteiger partial charge is 0.443 e. The molecule has 1 atom stereocenters. The molecule has 0 aromatic heterocycles. The number of rotatable bonds is 1. The van der Waals surface area contributed by atoms with E-state index < -0.39 is 17.7 Å². The Labute approximate surface area is 94.1 Å². The van der Waals surface area contributed by atoms with E-state index in [1.165, 1.54) is 0 Å². The summed E-state index contributed by atoms with van der Waals surface area (Å²) < 4.78 is 5.11. The first-order chi connectivity index (χ1) is 7.39. The second kappa shape index (κ2) is 4.49. The molecule has 1 amide bonds. The van der Waals surface area contributed by atoms with Crippen LogP contribution in [0.15, 0.2) is 5.70 Å². The summed E-state index contributed by atoms with van der Waals surface area (Å²) in [4.78, 5) is 34.2. The van der Waals surface area contributed by atoms with E-state index in [2.05, 4.69) is 0 Å². The van der Waals surface area contributed by atoms with Gasteiger partial charge in [-0.1, -0.05) is 0 Å². The molecule has 1 aliphatic rings. The Morgan fingerprint density at radius 2 is 2.19 bits per heavy atom. The van der Waals surface area contributed by atoms with Crippen molar-refractivity contribution in [1.29, 1.82) is 0 Å². The lowest BCUT2D eigenvalue weighted by Crippen LogP contribution is -2.39. The van der Waals surface area contributed by atoms with Crippen LogP contribution in [0.4, 0.5) is 4.79 Å². The van der Waals surface area contributed by atoms with E-state index in [1.807, 2.05) is 0 Å². The number of nitrogens with zero attached hydrogens (tertiary/aromatic N) is 1. The Hall–Kier alpha value is -1.61. The van der Waals surface area contributed by atoms with Crippen molar-refractivity contribution in [3.05, 3.63) is 5.70 Å². The fourth-order valence-corrected chi connectivity index (χ4v) is 1.52. The van der Waals surface area contributed by atoms with Crippen LogP contribution in [0.2, 0.25) is 0 Å². The molecule has 0 spiro atoms. The minimum atomic E-state index is -0.666. The first kappa shape index (κ1) is 12.5. The minimum Gasteiger partial charge on any atom is -0.443 e. The van der Waals surface area contributed by atoms with Crippen LogP contribution in [0.5, 0.6) is 0 Å². The smallest absolute Gasteiger partial charge is 0.415 e. The lowest BCUT2D eigenvalue weighted by molar-refractivity contribution is -0.111. The molecule has 0 aromatic rings. The quantitative estimate of drug-likeness (QED) is 0.498. The SMILES string of the molecule is CC(C)(C)OC(=O)N1C(=C=O)CC[C@H]1C=O. The normalized spacial score (nSPS) is 20.6. The van der Waals surface area contributed by atoms with Gasteiger partial charge in [0.05, 0.1) is 6.04 Å². The average Bonchev–Trinajstić information content (AvgIpc) is 2.57. The molecule has 0 saturated carbocycles. The van der Waals surface area contributed by atoms with E-state index in [-0.39, 0.29) is 5.70 Å². The van der Waals surface area contributed by atoms with Crippen LogP contribution in [0.3, 0.4) is 0 Å². The molecule has 5 heteroatoms. The van der Waals surface area contributed by atoms with Crippen LogP contribution in [-0.4, -0.2) is 34.9 Å². The first-order valence-corrected chi connectivity index (χ1v) is 5.10. The zero-order valence-corrected chi connectivity index (χ0v) is 9.65. The molecule has 1 aliphatic heterocycles. The van der Waals surface area contributed by atoms with Gasteiger partial charge in [0.2, 0.25) is 0 Å². The number of aldehydes is 1. The summed E-state index contributed by atoms with van der Waals surface area (Å²) in [6.07, 6.45) is 0.814. The van der Waals surface area contributed by atoms with Crippen molar-refractivity contribution < 1.29 is 19.1 Å². The van der Waals surface area contributed by atoms with Gasteiger partial charge in [-0.15, -0.1) is 0 Å². The van der Waals surface area contributed by atoms with Gasteiger partial charge < -0.3 is 9.53 Å². The molecule has 16 heavy (non-hydrogen) atoms. The number of likely N-dealkylation sites (tertiary alicyclic amines) is 1. The molecule has 88 valence electrons. The van der Waals surface area contributed by atoms with E-state index in [1.54, 1.807) is 26.7 Å². The molecular formula is C11H15NO4. The summed E-state index contributed by atoms with van der Waals surface area (Å²) in [5.41, 5.74) is -0.465. The molecule has 0 aliphatic carbocycles. The summed E-state index contributed by atoms with van der Waals surface area (Å²) in [5.74, 6) is 1.68. The highest BCUT2D eigenvalue weighted by Crippen LogP contribution is 2.26.